The SMILES string of the molecule is CCC1CCC1CCC1CCC(C)CC1. The largest absolute Gasteiger partial charge is 0.0651 e. The van der Waals surface area contributed by atoms with Crippen LogP contribution < -0.4 is 0 Å². The molecule has 0 saturated heterocycles. The summed E-state index contributed by atoms with van der Waals surface area (Å²) in [4.78, 5) is 0. The summed E-state index contributed by atoms with van der Waals surface area (Å²) in [5, 5.41) is 0. The Morgan fingerprint density at radius 1 is 0.800 bits per heavy atom. The third-order valence-corrected chi connectivity index (χ3v) is 5.18. The van der Waals surface area contributed by atoms with E-state index in [1.165, 1.54) is 38.5 Å². The molecule has 2 atom stereocenters. The van der Waals surface area contributed by atoms with Gasteiger partial charge in [-0.05, 0) is 42.9 Å². The lowest BCUT2D eigenvalue weighted by Crippen LogP contribution is -2.26. The van der Waals surface area contributed by atoms with Crippen LogP contribution in [-0.2, 0) is 0 Å². The molecule has 2 rings (SSSR count). The molecule has 2 fully saturated rings. The Hall–Kier alpha value is 0. The molecule has 0 amide bonds. The van der Waals surface area contributed by atoms with Crippen LogP contribution in [0.15, 0.2) is 0 Å². The Labute approximate surface area is 95.8 Å². The van der Waals surface area contributed by atoms with E-state index >= 15 is 0 Å². The third kappa shape index (κ3) is 2.98. The molecular weight excluding hydrogens is 180 g/mol. The minimum Gasteiger partial charge on any atom is -0.0651 e. The fourth-order valence-corrected chi connectivity index (χ4v) is 3.62. The summed E-state index contributed by atoms with van der Waals surface area (Å²) in [5.41, 5.74) is 0. The predicted octanol–water partition coefficient (Wildman–Crippen LogP) is 5.03. The molecule has 2 aliphatic rings. The van der Waals surface area contributed by atoms with Crippen molar-refractivity contribution < 1.29 is 0 Å². The molecule has 0 heterocycles. The second-order valence-corrected chi connectivity index (χ2v) is 6.21. The molecular formula is C15H28. The van der Waals surface area contributed by atoms with Gasteiger partial charge in [-0.2, -0.15) is 0 Å². The van der Waals surface area contributed by atoms with Gasteiger partial charge in [-0.25, -0.2) is 0 Å². The molecule has 0 heteroatoms. The molecule has 2 aliphatic carbocycles. The Morgan fingerprint density at radius 2 is 1.47 bits per heavy atom. The van der Waals surface area contributed by atoms with Gasteiger partial charge in [0, 0.05) is 0 Å². The van der Waals surface area contributed by atoms with Crippen LogP contribution >= 0.6 is 0 Å². The van der Waals surface area contributed by atoms with Gasteiger partial charge < -0.3 is 0 Å². The first-order valence-corrected chi connectivity index (χ1v) is 7.29. The number of rotatable bonds is 4. The molecule has 0 radical (unpaired) electrons. The van der Waals surface area contributed by atoms with Crippen molar-refractivity contribution in [2.45, 2.75) is 71.6 Å². The molecule has 2 saturated carbocycles. The topological polar surface area (TPSA) is 0 Å². The highest BCUT2D eigenvalue weighted by Gasteiger charge is 2.29. The second-order valence-electron chi connectivity index (χ2n) is 6.21. The molecule has 15 heavy (non-hydrogen) atoms. The minimum absolute atomic E-state index is 1.02. The Balaban J connectivity index is 1.61. The molecule has 0 aromatic rings. The molecule has 0 spiro atoms. The maximum Gasteiger partial charge on any atom is -0.0386 e. The molecule has 0 aliphatic heterocycles. The van der Waals surface area contributed by atoms with Gasteiger partial charge in [-0.1, -0.05) is 52.4 Å². The highest BCUT2D eigenvalue weighted by molar-refractivity contribution is 4.81. The lowest BCUT2D eigenvalue weighted by Gasteiger charge is -2.37. The minimum atomic E-state index is 1.02. The van der Waals surface area contributed by atoms with Gasteiger partial charge in [-0.15, -0.1) is 0 Å². The quantitative estimate of drug-likeness (QED) is 0.608. The first-order chi connectivity index (χ1) is 7.29. The van der Waals surface area contributed by atoms with E-state index in [-0.39, 0.29) is 0 Å². The lowest BCUT2D eigenvalue weighted by molar-refractivity contribution is 0.140. The summed E-state index contributed by atoms with van der Waals surface area (Å²) in [6, 6.07) is 0. The maximum absolute atomic E-state index is 2.43. The summed E-state index contributed by atoms with van der Waals surface area (Å²) < 4.78 is 0. The first kappa shape index (κ1) is 11.5. The van der Waals surface area contributed by atoms with Crippen molar-refractivity contribution in [2.24, 2.45) is 23.7 Å². The Bertz CT molecular complexity index is 174. The summed E-state index contributed by atoms with van der Waals surface area (Å²) in [6.07, 6.45) is 13.7. The molecule has 0 aromatic carbocycles. The van der Waals surface area contributed by atoms with Crippen molar-refractivity contribution in [3.05, 3.63) is 0 Å². The molecule has 0 bridgehead atoms. The Morgan fingerprint density at radius 3 is 2.00 bits per heavy atom. The number of hydrogen-bond acceptors (Lipinski definition) is 0. The van der Waals surface area contributed by atoms with Crippen molar-refractivity contribution in [3.63, 3.8) is 0 Å². The Kier molecular flexibility index (Phi) is 4.11. The van der Waals surface area contributed by atoms with E-state index in [0.29, 0.717) is 0 Å². The van der Waals surface area contributed by atoms with E-state index in [1.54, 1.807) is 19.3 Å². The van der Waals surface area contributed by atoms with Crippen LogP contribution in [0.3, 0.4) is 0 Å². The zero-order valence-corrected chi connectivity index (χ0v) is 10.7. The van der Waals surface area contributed by atoms with E-state index in [1.807, 2.05) is 0 Å². The van der Waals surface area contributed by atoms with Gasteiger partial charge in [0.25, 0.3) is 0 Å². The van der Waals surface area contributed by atoms with Gasteiger partial charge >= 0.3 is 0 Å². The maximum atomic E-state index is 2.43. The van der Waals surface area contributed by atoms with E-state index < -0.39 is 0 Å². The average molecular weight is 208 g/mol. The summed E-state index contributed by atoms with van der Waals surface area (Å²) >= 11 is 0. The smallest absolute Gasteiger partial charge is 0.0386 e. The van der Waals surface area contributed by atoms with Crippen LogP contribution in [0.1, 0.15) is 71.6 Å². The highest BCUT2D eigenvalue weighted by Crippen LogP contribution is 2.41. The fraction of sp³-hybridized carbons (Fsp3) is 1.00. The van der Waals surface area contributed by atoms with Gasteiger partial charge in [0.2, 0.25) is 0 Å². The predicted molar refractivity (Wildman–Crippen MR) is 66.9 cm³/mol. The monoisotopic (exact) mass is 208 g/mol. The van der Waals surface area contributed by atoms with Gasteiger partial charge in [0.05, 0.1) is 0 Å². The van der Waals surface area contributed by atoms with Gasteiger partial charge in [-0.3, -0.25) is 0 Å². The third-order valence-electron chi connectivity index (χ3n) is 5.18. The van der Waals surface area contributed by atoms with Crippen molar-refractivity contribution in [3.8, 4) is 0 Å². The van der Waals surface area contributed by atoms with E-state index in [2.05, 4.69) is 13.8 Å². The van der Waals surface area contributed by atoms with E-state index in [0.717, 1.165) is 23.7 Å². The van der Waals surface area contributed by atoms with Crippen LogP contribution in [0.25, 0.3) is 0 Å². The standard InChI is InChI=1S/C15H28/c1-3-14-10-11-15(14)9-8-13-6-4-12(2)5-7-13/h12-15H,3-11H2,1-2H3. The summed E-state index contributed by atoms with van der Waals surface area (Å²) in [5.74, 6) is 4.34. The van der Waals surface area contributed by atoms with E-state index in [4.69, 9.17) is 0 Å². The molecule has 2 unspecified atom stereocenters. The van der Waals surface area contributed by atoms with Crippen LogP contribution in [0, 0.1) is 23.7 Å². The van der Waals surface area contributed by atoms with Crippen molar-refractivity contribution in [2.75, 3.05) is 0 Å². The van der Waals surface area contributed by atoms with E-state index in [9.17, 15) is 0 Å². The highest BCUT2D eigenvalue weighted by atomic mass is 14.3. The number of hydrogen-bond donors (Lipinski definition) is 0. The summed E-state index contributed by atoms with van der Waals surface area (Å²) in [6.45, 7) is 4.80. The molecule has 0 N–H and O–H groups in total. The zero-order chi connectivity index (χ0) is 10.7. The zero-order valence-electron chi connectivity index (χ0n) is 10.7. The van der Waals surface area contributed by atoms with Crippen molar-refractivity contribution in [1.29, 1.82) is 0 Å². The van der Waals surface area contributed by atoms with Crippen LogP contribution in [0.2, 0.25) is 0 Å². The van der Waals surface area contributed by atoms with Gasteiger partial charge in [0.15, 0.2) is 0 Å². The summed E-state index contributed by atoms with van der Waals surface area (Å²) in [7, 11) is 0. The molecule has 0 nitrogen and oxygen atoms in total. The fourth-order valence-electron chi connectivity index (χ4n) is 3.62. The second kappa shape index (κ2) is 5.37. The van der Waals surface area contributed by atoms with Crippen LogP contribution in [-0.4, -0.2) is 0 Å². The van der Waals surface area contributed by atoms with Crippen LogP contribution in [0.4, 0.5) is 0 Å². The lowest BCUT2D eigenvalue weighted by atomic mass is 9.68. The van der Waals surface area contributed by atoms with Gasteiger partial charge in [0.1, 0.15) is 0 Å². The molecule has 88 valence electrons. The van der Waals surface area contributed by atoms with Crippen molar-refractivity contribution in [1.82, 2.24) is 0 Å². The van der Waals surface area contributed by atoms with Crippen LogP contribution in [0.5, 0.6) is 0 Å². The normalized spacial score (nSPS) is 41.2. The first-order valence-electron chi connectivity index (χ1n) is 7.29. The average Bonchev–Trinajstić information content (AvgIpc) is 2.20. The van der Waals surface area contributed by atoms with Crippen molar-refractivity contribution >= 4 is 0 Å². The molecule has 0 aromatic heterocycles.